The van der Waals surface area contributed by atoms with Crippen molar-refractivity contribution in [3.05, 3.63) is 65.1 Å². The molecule has 1 amide bonds. The number of hydrogen-bond acceptors (Lipinski definition) is 5. The molecule has 152 valence electrons. The van der Waals surface area contributed by atoms with Crippen LogP contribution in [0.5, 0.6) is 5.75 Å². The molecule has 6 nitrogen and oxygen atoms in total. The van der Waals surface area contributed by atoms with Gasteiger partial charge in [0.2, 0.25) is 0 Å². The van der Waals surface area contributed by atoms with Gasteiger partial charge >= 0.3 is 6.18 Å². The number of alkyl halides is 3. The second-order valence-corrected chi connectivity index (χ2v) is 6.36. The summed E-state index contributed by atoms with van der Waals surface area (Å²) in [5, 5.41) is 2.69. The molecule has 1 saturated heterocycles. The van der Waals surface area contributed by atoms with E-state index >= 15 is 0 Å². The Morgan fingerprint density at radius 2 is 2.10 bits per heavy atom. The number of amides is 1. The van der Waals surface area contributed by atoms with Crippen LogP contribution in [0.15, 0.2) is 53.3 Å². The van der Waals surface area contributed by atoms with E-state index in [-0.39, 0.29) is 18.1 Å². The molecule has 0 radical (unpaired) electrons. The Labute approximate surface area is 165 Å². The van der Waals surface area contributed by atoms with Crippen molar-refractivity contribution in [1.82, 2.24) is 10.3 Å². The summed E-state index contributed by atoms with van der Waals surface area (Å²) in [7, 11) is 1.20. The van der Waals surface area contributed by atoms with Crippen LogP contribution >= 0.6 is 0 Å². The van der Waals surface area contributed by atoms with Gasteiger partial charge in [0, 0.05) is 37.5 Å². The predicted molar refractivity (Wildman–Crippen MR) is 102 cm³/mol. The predicted octanol–water partition coefficient (Wildman–Crippen LogP) is 3.13. The lowest BCUT2D eigenvalue weighted by Crippen LogP contribution is -2.36. The molecule has 3 N–H and O–H groups in total. The first-order valence-electron chi connectivity index (χ1n) is 8.79. The summed E-state index contributed by atoms with van der Waals surface area (Å²) < 4.78 is 44.5. The number of nitrogens with one attached hydrogen (secondary N) is 1. The Hall–Kier alpha value is -3.36. The number of piperidine rings is 1. The zero-order valence-corrected chi connectivity index (χ0v) is 15.6. The first-order chi connectivity index (χ1) is 13.8. The molecule has 0 saturated carbocycles. The minimum Gasteiger partial charge on any atom is -0.496 e. The fraction of sp³-hybridized carbons (Fsp3) is 0.250. The number of methoxy groups -OCH3 is 1. The molecule has 1 fully saturated rings. The van der Waals surface area contributed by atoms with Gasteiger partial charge in [0.1, 0.15) is 5.75 Å². The Balaban J connectivity index is 1.87. The SMILES string of the molecule is COc1ccc(Cc2cc(N=C3CCNC(=O)/C3=C/N)ccn2)cc1C(F)(F)F. The van der Waals surface area contributed by atoms with Crippen LogP contribution in [0, 0.1) is 0 Å². The number of halogens is 3. The van der Waals surface area contributed by atoms with Crippen LogP contribution in [0.1, 0.15) is 23.2 Å². The molecule has 1 aliphatic heterocycles. The Morgan fingerprint density at radius 3 is 2.79 bits per heavy atom. The van der Waals surface area contributed by atoms with Crippen LogP contribution in [0.25, 0.3) is 0 Å². The van der Waals surface area contributed by atoms with E-state index in [0.29, 0.717) is 41.2 Å². The standard InChI is InChI=1S/C20H19F3N4O2/c1-29-18-3-2-12(9-16(18)20(21,22)23)8-14-10-13(4-6-25-14)27-17-5-7-26-19(28)15(17)11-24/h2-4,6,9-11H,5,7-8,24H2,1H3,(H,26,28)/b15-11+,27-17?. The van der Waals surface area contributed by atoms with E-state index in [9.17, 15) is 18.0 Å². The minimum absolute atomic E-state index is 0.186. The van der Waals surface area contributed by atoms with E-state index < -0.39 is 11.7 Å². The summed E-state index contributed by atoms with van der Waals surface area (Å²) >= 11 is 0. The van der Waals surface area contributed by atoms with Gasteiger partial charge in [-0.1, -0.05) is 6.07 Å². The highest BCUT2D eigenvalue weighted by Gasteiger charge is 2.34. The zero-order chi connectivity index (χ0) is 21.0. The van der Waals surface area contributed by atoms with Gasteiger partial charge in [0.05, 0.1) is 29.6 Å². The molecule has 3 rings (SSSR count). The molecule has 1 aromatic heterocycles. The molecule has 0 unspecified atom stereocenters. The van der Waals surface area contributed by atoms with Gasteiger partial charge in [0.25, 0.3) is 5.91 Å². The van der Waals surface area contributed by atoms with E-state index in [1.165, 1.54) is 25.6 Å². The summed E-state index contributed by atoms with van der Waals surface area (Å²) in [6, 6.07) is 7.24. The summed E-state index contributed by atoms with van der Waals surface area (Å²) in [6.45, 7) is 0.457. The fourth-order valence-electron chi connectivity index (χ4n) is 3.03. The van der Waals surface area contributed by atoms with Gasteiger partial charge in [-0.3, -0.25) is 14.8 Å². The minimum atomic E-state index is -4.52. The molecule has 29 heavy (non-hydrogen) atoms. The van der Waals surface area contributed by atoms with Gasteiger partial charge in [-0.05, 0) is 29.8 Å². The molecule has 0 spiro atoms. The third kappa shape index (κ3) is 4.74. The number of carbonyl (C=O) groups excluding carboxylic acids is 1. The lowest BCUT2D eigenvalue weighted by Gasteiger charge is -2.17. The summed E-state index contributed by atoms with van der Waals surface area (Å²) in [6.07, 6.45) is -1.07. The van der Waals surface area contributed by atoms with Crippen molar-refractivity contribution in [1.29, 1.82) is 0 Å². The van der Waals surface area contributed by atoms with Gasteiger partial charge in [-0.2, -0.15) is 13.2 Å². The van der Waals surface area contributed by atoms with E-state index in [0.717, 1.165) is 6.07 Å². The number of rotatable bonds is 4. The van der Waals surface area contributed by atoms with E-state index in [2.05, 4.69) is 15.3 Å². The maximum atomic E-state index is 13.2. The second-order valence-electron chi connectivity index (χ2n) is 6.36. The highest BCUT2D eigenvalue weighted by Crippen LogP contribution is 2.37. The van der Waals surface area contributed by atoms with Crippen molar-refractivity contribution < 1.29 is 22.7 Å². The molecule has 1 aliphatic rings. The van der Waals surface area contributed by atoms with Gasteiger partial charge in [0.15, 0.2) is 0 Å². The van der Waals surface area contributed by atoms with Gasteiger partial charge in [-0.15, -0.1) is 0 Å². The Bertz CT molecular complexity index is 984. The largest absolute Gasteiger partial charge is 0.496 e. The van der Waals surface area contributed by atoms with Crippen molar-refractivity contribution in [3.63, 3.8) is 0 Å². The molecule has 0 atom stereocenters. The van der Waals surface area contributed by atoms with Crippen molar-refractivity contribution in [2.24, 2.45) is 10.7 Å². The molecular weight excluding hydrogens is 385 g/mol. The molecule has 2 aromatic rings. The summed E-state index contributed by atoms with van der Waals surface area (Å²) in [5.74, 6) is -0.518. The first kappa shape index (κ1) is 20.4. The maximum Gasteiger partial charge on any atom is 0.419 e. The van der Waals surface area contributed by atoms with Crippen LogP contribution in [-0.4, -0.2) is 30.3 Å². The van der Waals surface area contributed by atoms with Crippen LogP contribution in [0.3, 0.4) is 0 Å². The third-order valence-corrected chi connectivity index (χ3v) is 4.39. The van der Waals surface area contributed by atoms with E-state index in [1.54, 1.807) is 18.2 Å². The van der Waals surface area contributed by atoms with Crippen LogP contribution in [0.4, 0.5) is 18.9 Å². The van der Waals surface area contributed by atoms with Crippen molar-refractivity contribution in [3.8, 4) is 5.75 Å². The number of ether oxygens (including phenoxy) is 1. The smallest absolute Gasteiger partial charge is 0.419 e. The molecule has 1 aromatic carbocycles. The number of aromatic nitrogens is 1. The quantitative estimate of drug-likeness (QED) is 0.767. The molecule has 0 bridgehead atoms. The number of benzene rings is 1. The maximum absolute atomic E-state index is 13.2. The number of hydrogen-bond donors (Lipinski definition) is 2. The van der Waals surface area contributed by atoms with E-state index in [4.69, 9.17) is 10.5 Å². The lowest BCUT2D eigenvalue weighted by molar-refractivity contribution is -0.138. The van der Waals surface area contributed by atoms with Gasteiger partial charge < -0.3 is 15.8 Å². The Kier molecular flexibility index (Phi) is 5.86. The highest BCUT2D eigenvalue weighted by molar-refractivity contribution is 6.23. The number of pyridine rings is 1. The zero-order valence-electron chi connectivity index (χ0n) is 15.6. The number of carbonyl (C=O) groups is 1. The van der Waals surface area contributed by atoms with Crippen LogP contribution in [-0.2, 0) is 17.4 Å². The Morgan fingerprint density at radius 1 is 1.31 bits per heavy atom. The average molecular weight is 404 g/mol. The van der Waals surface area contributed by atoms with Crippen molar-refractivity contribution in [2.45, 2.75) is 19.0 Å². The van der Waals surface area contributed by atoms with E-state index in [1.807, 2.05) is 0 Å². The summed E-state index contributed by atoms with van der Waals surface area (Å²) in [5.41, 5.74) is 7.08. The number of aliphatic imine (C=N–C) groups is 1. The summed E-state index contributed by atoms with van der Waals surface area (Å²) in [4.78, 5) is 20.5. The van der Waals surface area contributed by atoms with Gasteiger partial charge in [-0.25, -0.2) is 0 Å². The second kappa shape index (κ2) is 8.34. The highest BCUT2D eigenvalue weighted by atomic mass is 19.4. The molecule has 2 heterocycles. The molecule has 9 heteroatoms. The molecular formula is C20H19F3N4O2. The van der Waals surface area contributed by atoms with Crippen LogP contribution in [0.2, 0.25) is 0 Å². The fourth-order valence-corrected chi connectivity index (χ4v) is 3.03. The average Bonchev–Trinajstić information content (AvgIpc) is 2.68. The first-order valence-corrected chi connectivity index (χ1v) is 8.79. The molecule has 0 aliphatic carbocycles. The number of nitrogens with zero attached hydrogens (tertiary/aromatic N) is 2. The third-order valence-electron chi connectivity index (χ3n) is 4.39. The topological polar surface area (TPSA) is 89.6 Å². The van der Waals surface area contributed by atoms with Crippen molar-refractivity contribution >= 4 is 17.3 Å². The van der Waals surface area contributed by atoms with Crippen molar-refractivity contribution in [2.75, 3.05) is 13.7 Å². The monoisotopic (exact) mass is 404 g/mol. The lowest BCUT2D eigenvalue weighted by atomic mass is 10.0. The van der Waals surface area contributed by atoms with Crippen LogP contribution < -0.4 is 15.8 Å². The normalized spacial score (nSPS) is 17.4. The number of nitrogens with two attached hydrogens (primary N) is 1.